The lowest BCUT2D eigenvalue weighted by molar-refractivity contribution is -0.121. The minimum Gasteiger partial charge on any atom is -0.490 e. The molecule has 1 amide bonds. The zero-order chi connectivity index (χ0) is 20.6. The molecule has 1 heterocycles. The molecular formula is C21H19FN2O5. The number of anilines is 1. The highest BCUT2D eigenvalue weighted by Gasteiger charge is 2.20. The normalized spacial score (nSPS) is 12.4. The Hall–Kier alpha value is -3.60. The molecule has 0 saturated carbocycles. The predicted molar refractivity (Wildman–Crippen MR) is 101 cm³/mol. The molecule has 0 unspecified atom stereocenters. The van der Waals surface area contributed by atoms with Gasteiger partial charge in [-0.15, -0.1) is 0 Å². The van der Waals surface area contributed by atoms with E-state index in [1.807, 2.05) is 6.07 Å². The zero-order valence-corrected chi connectivity index (χ0v) is 15.6. The number of carbonyl (C=O) groups excluding carboxylic acids is 2. The van der Waals surface area contributed by atoms with Gasteiger partial charge in [0.1, 0.15) is 5.82 Å². The van der Waals surface area contributed by atoms with Crippen molar-refractivity contribution in [3.05, 3.63) is 53.8 Å². The van der Waals surface area contributed by atoms with Crippen molar-refractivity contribution in [1.29, 1.82) is 5.26 Å². The van der Waals surface area contributed by atoms with E-state index >= 15 is 0 Å². The Morgan fingerprint density at radius 1 is 1.10 bits per heavy atom. The van der Waals surface area contributed by atoms with Crippen molar-refractivity contribution in [3.63, 3.8) is 0 Å². The van der Waals surface area contributed by atoms with E-state index in [2.05, 4.69) is 0 Å². The first-order valence-corrected chi connectivity index (χ1v) is 9.08. The van der Waals surface area contributed by atoms with Gasteiger partial charge in [0.25, 0.3) is 5.91 Å². The van der Waals surface area contributed by atoms with E-state index in [1.165, 1.54) is 41.3 Å². The number of fused-ring (bicyclic) bond motifs is 1. The number of hydrogen-bond donors (Lipinski definition) is 0. The van der Waals surface area contributed by atoms with Gasteiger partial charge < -0.3 is 19.1 Å². The molecule has 0 aliphatic carbocycles. The van der Waals surface area contributed by atoms with Crippen molar-refractivity contribution in [2.45, 2.75) is 12.8 Å². The van der Waals surface area contributed by atoms with Crippen molar-refractivity contribution in [2.24, 2.45) is 0 Å². The molecule has 3 rings (SSSR count). The lowest BCUT2D eigenvalue weighted by Gasteiger charge is -2.21. The van der Waals surface area contributed by atoms with Gasteiger partial charge in [-0.05, 0) is 42.5 Å². The van der Waals surface area contributed by atoms with Gasteiger partial charge in [-0.25, -0.2) is 9.18 Å². The summed E-state index contributed by atoms with van der Waals surface area (Å²) in [6.07, 6.45) is 0.824. The molecular weight excluding hydrogens is 379 g/mol. The van der Waals surface area contributed by atoms with Crippen LogP contribution < -0.4 is 14.4 Å². The van der Waals surface area contributed by atoms with E-state index in [9.17, 15) is 14.0 Å². The van der Waals surface area contributed by atoms with Crippen LogP contribution in [0.25, 0.3) is 0 Å². The fourth-order valence-corrected chi connectivity index (χ4v) is 2.76. The summed E-state index contributed by atoms with van der Waals surface area (Å²) in [4.78, 5) is 26.2. The van der Waals surface area contributed by atoms with Crippen LogP contribution in [0.15, 0.2) is 42.5 Å². The number of amides is 1. The number of hydrogen-bond acceptors (Lipinski definition) is 6. The van der Waals surface area contributed by atoms with Crippen LogP contribution in [0.3, 0.4) is 0 Å². The number of carbonyl (C=O) groups is 2. The molecule has 0 bridgehead atoms. The number of nitriles is 1. The highest BCUT2D eigenvalue weighted by atomic mass is 19.1. The van der Waals surface area contributed by atoms with Crippen LogP contribution in [0.5, 0.6) is 11.5 Å². The lowest BCUT2D eigenvalue weighted by Crippen LogP contribution is -2.35. The molecule has 150 valence electrons. The molecule has 0 aromatic heterocycles. The Labute approximate surface area is 167 Å². The molecule has 2 aromatic carbocycles. The minimum atomic E-state index is -0.687. The van der Waals surface area contributed by atoms with Crippen LogP contribution in [0, 0.1) is 17.1 Å². The number of esters is 1. The SMILES string of the molecule is N#CCCN(C(=O)COC(=O)c1ccc2c(c1)OCCCO2)c1ccc(F)cc1. The van der Waals surface area contributed by atoms with E-state index in [-0.39, 0.29) is 18.5 Å². The summed E-state index contributed by atoms with van der Waals surface area (Å²) in [5, 5.41) is 8.82. The first-order valence-electron chi connectivity index (χ1n) is 9.08. The second-order valence-electron chi connectivity index (χ2n) is 6.22. The predicted octanol–water partition coefficient (Wildman–Crippen LogP) is 3.09. The second-order valence-corrected chi connectivity index (χ2v) is 6.22. The van der Waals surface area contributed by atoms with Gasteiger partial charge in [-0.2, -0.15) is 5.26 Å². The van der Waals surface area contributed by atoms with Crippen LogP contribution in [0.2, 0.25) is 0 Å². The summed E-state index contributed by atoms with van der Waals surface area (Å²) in [5.41, 5.74) is 0.644. The third-order valence-electron chi connectivity index (χ3n) is 4.20. The number of benzene rings is 2. The minimum absolute atomic E-state index is 0.0826. The Bertz CT molecular complexity index is 924. The summed E-state index contributed by atoms with van der Waals surface area (Å²) in [7, 11) is 0. The molecule has 0 atom stereocenters. The summed E-state index contributed by atoms with van der Waals surface area (Å²) < 4.78 is 29.3. The van der Waals surface area contributed by atoms with Crippen molar-refractivity contribution in [3.8, 4) is 17.6 Å². The molecule has 1 aliphatic rings. The Balaban J connectivity index is 1.66. The maximum absolute atomic E-state index is 13.1. The molecule has 29 heavy (non-hydrogen) atoms. The highest BCUT2D eigenvalue weighted by Crippen LogP contribution is 2.30. The van der Waals surface area contributed by atoms with E-state index in [4.69, 9.17) is 19.5 Å². The number of halogens is 1. The van der Waals surface area contributed by atoms with Gasteiger partial charge in [0, 0.05) is 18.7 Å². The summed E-state index contributed by atoms with van der Waals surface area (Å²) in [6.45, 7) is 0.599. The Kier molecular flexibility index (Phi) is 6.63. The second kappa shape index (κ2) is 9.55. The average molecular weight is 398 g/mol. The first kappa shape index (κ1) is 20.1. The van der Waals surface area contributed by atoms with Crippen molar-refractivity contribution in [2.75, 3.05) is 31.3 Å². The van der Waals surface area contributed by atoms with Crippen molar-refractivity contribution in [1.82, 2.24) is 0 Å². The Morgan fingerprint density at radius 3 is 2.55 bits per heavy atom. The first-order chi connectivity index (χ1) is 14.1. The van der Waals surface area contributed by atoms with E-state index in [0.29, 0.717) is 30.4 Å². The zero-order valence-electron chi connectivity index (χ0n) is 15.6. The number of nitrogens with zero attached hydrogens (tertiary/aromatic N) is 2. The van der Waals surface area contributed by atoms with E-state index in [1.54, 1.807) is 6.07 Å². The third kappa shape index (κ3) is 5.23. The van der Waals surface area contributed by atoms with Gasteiger partial charge in [0.2, 0.25) is 0 Å². The lowest BCUT2D eigenvalue weighted by atomic mass is 10.2. The van der Waals surface area contributed by atoms with Crippen LogP contribution in [0.1, 0.15) is 23.2 Å². The van der Waals surface area contributed by atoms with Crippen molar-refractivity contribution < 1.29 is 28.2 Å². The van der Waals surface area contributed by atoms with Crippen LogP contribution in [-0.4, -0.2) is 38.2 Å². The summed E-state index contributed by atoms with van der Waals surface area (Å²) in [5.74, 6) is -0.649. The summed E-state index contributed by atoms with van der Waals surface area (Å²) in [6, 6.07) is 11.9. The third-order valence-corrected chi connectivity index (χ3v) is 4.20. The monoisotopic (exact) mass is 398 g/mol. The highest BCUT2D eigenvalue weighted by molar-refractivity contribution is 5.97. The van der Waals surface area contributed by atoms with Crippen LogP contribution in [0.4, 0.5) is 10.1 Å². The van der Waals surface area contributed by atoms with Crippen LogP contribution >= 0.6 is 0 Å². The molecule has 0 fully saturated rings. The number of rotatable bonds is 6. The molecule has 0 N–H and O–H groups in total. The molecule has 0 saturated heterocycles. The molecule has 0 spiro atoms. The molecule has 1 aliphatic heterocycles. The van der Waals surface area contributed by atoms with Gasteiger partial charge >= 0.3 is 5.97 Å². The van der Waals surface area contributed by atoms with Gasteiger partial charge in [0.05, 0.1) is 31.3 Å². The fraction of sp³-hybridized carbons (Fsp3) is 0.286. The smallest absolute Gasteiger partial charge is 0.338 e. The maximum Gasteiger partial charge on any atom is 0.338 e. The molecule has 2 aromatic rings. The number of ether oxygens (including phenoxy) is 3. The van der Waals surface area contributed by atoms with Crippen molar-refractivity contribution >= 4 is 17.6 Å². The van der Waals surface area contributed by atoms with Gasteiger partial charge in [-0.1, -0.05) is 0 Å². The van der Waals surface area contributed by atoms with E-state index in [0.717, 1.165) is 6.42 Å². The topological polar surface area (TPSA) is 88.9 Å². The molecule has 8 heteroatoms. The Morgan fingerprint density at radius 2 is 1.83 bits per heavy atom. The quantitative estimate of drug-likeness (QED) is 0.695. The van der Waals surface area contributed by atoms with Gasteiger partial charge in [-0.3, -0.25) is 4.79 Å². The fourth-order valence-electron chi connectivity index (χ4n) is 2.76. The molecule has 0 radical (unpaired) electrons. The standard InChI is InChI=1S/C21H19FN2O5/c22-16-4-6-17(7-5-16)24(10-1-9-23)20(25)14-29-21(26)15-3-8-18-19(13-15)28-12-2-11-27-18/h3-8,13H,1-2,10-12,14H2. The average Bonchev–Trinajstić information content (AvgIpc) is 2.98. The largest absolute Gasteiger partial charge is 0.490 e. The summed E-state index contributed by atoms with van der Waals surface area (Å²) >= 11 is 0. The van der Waals surface area contributed by atoms with Crippen LogP contribution in [-0.2, 0) is 9.53 Å². The van der Waals surface area contributed by atoms with E-state index < -0.39 is 24.3 Å². The molecule has 7 nitrogen and oxygen atoms in total. The maximum atomic E-state index is 13.1. The van der Waals surface area contributed by atoms with Gasteiger partial charge in [0.15, 0.2) is 18.1 Å².